The van der Waals surface area contributed by atoms with Crippen molar-refractivity contribution < 1.29 is 14.5 Å². The van der Waals surface area contributed by atoms with E-state index in [1.807, 2.05) is 31.2 Å². The summed E-state index contributed by atoms with van der Waals surface area (Å²) < 4.78 is 0. The second-order valence-corrected chi connectivity index (χ2v) is 5.85. The molecule has 0 aromatic heterocycles. The number of amides is 2. The minimum atomic E-state index is -0.561. The molecule has 0 bridgehead atoms. The number of carbonyl (C=O) groups excluding carboxylic acids is 2. The van der Waals surface area contributed by atoms with Crippen molar-refractivity contribution in [1.82, 2.24) is 16.2 Å². The van der Waals surface area contributed by atoms with E-state index in [2.05, 4.69) is 16.2 Å². The number of non-ortho nitro benzene ring substituents is 1. The Hall–Kier alpha value is -3.59. The van der Waals surface area contributed by atoms with Gasteiger partial charge in [-0.05, 0) is 42.9 Å². The minimum Gasteiger partial charge on any atom is -0.298 e. The molecule has 2 aromatic rings. The second kappa shape index (κ2) is 9.20. The van der Waals surface area contributed by atoms with Gasteiger partial charge in [0.25, 0.3) is 11.6 Å². The van der Waals surface area contributed by atoms with E-state index in [0.717, 1.165) is 11.1 Å². The van der Waals surface area contributed by atoms with Gasteiger partial charge >= 0.3 is 0 Å². The van der Waals surface area contributed by atoms with Crippen LogP contribution in [0.4, 0.5) is 5.69 Å². The third-order valence-corrected chi connectivity index (χ3v) is 3.58. The number of carbonyl (C=O) groups is 2. The highest BCUT2D eigenvalue weighted by molar-refractivity contribution is 7.80. The molecule has 0 heterocycles. The number of nitro benzene ring substituents is 1. The highest BCUT2D eigenvalue weighted by Crippen LogP contribution is 2.11. The van der Waals surface area contributed by atoms with Gasteiger partial charge in [0.2, 0.25) is 5.91 Å². The molecular formula is C18H16N4O4S. The van der Waals surface area contributed by atoms with E-state index >= 15 is 0 Å². The summed E-state index contributed by atoms with van der Waals surface area (Å²) in [7, 11) is 0. The van der Waals surface area contributed by atoms with Crippen molar-refractivity contribution in [3.63, 3.8) is 0 Å². The Kier molecular flexibility index (Phi) is 6.73. The second-order valence-electron chi connectivity index (χ2n) is 5.45. The lowest BCUT2D eigenvalue weighted by Gasteiger charge is -2.09. The van der Waals surface area contributed by atoms with Gasteiger partial charge in [-0.1, -0.05) is 29.8 Å². The van der Waals surface area contributed by atoms with E-state index in [1.54, 1.807) is 6.08 Å². The van der Waals surface area contributed by atoms with Crippen LogP contribution in [-0.4, -0.2) is 21.9 Å². The van der Waals surface area contributed by atoms with Crippen LogP contribution in [0.1, 0.15) is 21.5 Å². The molecule has 27 heavy (non-hydrogen) atoms. The summed E-state index contributed by atoms with van der Waals surface area (Å²) in [6.07, 6.45) is 2.95. The van der Waals surface area contributed by atoms with E-state index in [0.29, 0.717) is 0 Å². The monoisotopic (exact) mass is 384 g/mol. The van der Waals surface area contributed by atoms with Crippen molar-refractivity contribution in [1.29, 1.82) is 0 Å². The molecule has 2 rings (SSSR count). The standard InChI is InChI=1S/C18H16N4O4S/c1-12-2-4-13(5-3-12)6-11-16(23)19-18(27)21-20-17(24)14-7-9-15(10-8-14)22(25)26/h2-11H,1H3,(H,20,24)(H2,19,21,23,27)/b11-6+. The Morgan fingerprint density at radius 2 is 1.67 bits per heavy atom. The van der Waals surface area contributed by atoms with Gasteiger partial charge in [0.05, 0.1) is 4.92 Å². The van der Waals surface area contributed by atoms with Crippen LogP contribution < -0.4 is 16.2 Å². The topological polar surface area (TPSA) is 113 Å². The molecule has 0 aliphatic rings. The third kappa shape index (κ3) is 6.33. The molecule has 8 nitrogen and oxygen atoms in total. The van der Waals surface area contributed by atoms with Gasteiger partial charge in [-0.3, -0.25) is 35.9 Å². The van der Waals surface area contributed by atoms with Crippen LogP contribution in [0, 0.1) is 17.0 Å². The molecule has 0 radical (unpaired) electrons. The third-order valence-electron chi connectivity index (χ3n) is 3.37. The predicted octanol–water partition coefficient (Wildman–Crippen LogP) is 2.25. The molecule has 138 valence electrons. The average molecular weight is 384 g/mol. The molecule has 2 amide bonds. The zero-order valence-electron chi connectivity index (χ0n) is 14.3. The summed E-state index contributed by atoms with van der Waals surface area (Å²) in [5.74, 6) is -1.02. The number of aryl methyl sites for hydroxylation is 1. The number of nitro groups is 1. The fourth-order valence-corrected chi connectivity index (χ4v) is 2.11. The van der Waals surface area contributed by atoms with Crippen molar-refractivity contribution in [3.05, 3.63) is 81.4 Å². The molecule has 0 saturated heterocycles. The van der Waals surface area contributed by atoms with Crippen LogP contribution in [0.3, 0.4) is 0 Å². The predicted molar refractivity (Wildman–Crippen MR) is 105 cm³/mol. The van der Waals surface area contributed by atoms with Crippen molar-refractivity contribution >= 4 is 40.9 Å². The SMILES string of the molecule is Cc1ccc(/C=C/C(=O)NC(=S)NNC(=O)c2ccc([N+](=O)[O-])cc2)cc1. The Bertz CT molecular complexity index is 893. The first-order valence-electron chi connectivity index (χ1n) is 7.75. The molecular weight excluding hydrogens is 368 g/mol. The molecule has 9 heteroatoms. The van der Waals surface area contributed by atoms with Crippen molar-refractivity contribution in [3.8, 4) is 0 Å². The molecule has 0 spiro atoms. The number of nitrogens with one attached hydrogen (secondary N) is 3. The van der Waals surface area contributed by atoms with Gasteiger partial charge in [-0.25, -0.2) is 0 Å². The zero-order chi connectivity index (χ0) is 19.8. The smallest absolute Gasteiger partial charge is 0.269 e. The van der Waals surface area contributed by atoms with Gasteiger partial charge in [-0.15, -0.1) is 0 Å². The maximum Gasteiger partial charge on any atom is 0.269 e. The normalized spacial score (nSPS) is 10.3. The first-order chi connectivity index (χ1) is 12.8. The molecule has 3 N–H and O–H groups in total. The number of hydrogen-bond acceptors (Lipinski definition) is 5. The molecule has 0 unspecified atom stereocenters. The van der Waals surface area contributed by atoms with Gasteiger partial charge in [0.15, 0.2) is 5.11 Å². The van der Waals surface area contributed by atoms with E-state index in [-0.39, 0.29) is 16.4 Å². The van der Waals surface area contributed by atoms with Crippen molar-refractivity contribution in [2.45, 2.75) is 6.92 Å². The maximum atomic E-state index is 11.9. The summed E-state index contributed by atoms with van der Waals surface area (Å²) in [4.78, 5) is 33.8. The number of hydrazine groups is 1. The zero-order valence-corrected chi connectivity index (χ0v) is 15.1. The number of nitrogens with zero attached hydrogens (tertiary/aromatic N) is 1. The Labute approximate surface area is 160 Å². The minimum absolute atomic E-state index is 0.0937. The van der Waals surface area contributed by atoms with Gasteiger partial charge in [-0.2, -0.15) is 0 Å². The summed E-state index contributed by atoms with van der Waals surface area (Å²) in [5.41, 5.74) is 6.73. The number of thiocarbonyl (C=S) groups is 1. The first-order valence-corrected chi connectivity index (χ1v) is 8.16. The van der Waals surface area contributed by atoms with Gasteiger partial charge in [0.1, 0.15) is 0 Å². The fourth-order valence-electron chi connectivity index (χ4n) is 1.95. The van der Waals surface area contributed by atoms with Crippen LogP contribution in [0.2, 0.25) is 0 Å². The van der Waals surface area contributed by atoms with Crippen molar-refractivity contribution in [2.24, 2.45) is 0 Å². The largest absolute Gasteiger partial charge is 0.298 e. The average Bonchev–Trinajstić information content (AvgIpc) is 2.65. The highest BCUT2D eigenvalue weighted by atomic mass is 32.1. The van der Waals surface area contributed by atoms with E-state index < -0.39 is 16.7 Å². The lowest BCUT2D eigenvalue weighted by atomic mass is 10.1. The number of hydrogen-bond donors (Lipinski definition) is 3. The van der Waals surface area contributed by atoms with Crippen LogP contribution in [0.15, 0.2) is 54.6 Å². The van der Waals surface area contributed by atoms with Crippen molar-refractivity contribution in [2.75, 3.05) is 0 Å². The first kappa shape index (κ1) is 19.7. The van der Waals surface area contributed by atoms with Gasteiger partial charge in [0, 0.05) is 23.8 Å². The lowest BCUT2D eigenvalue weighted by Crippen LogP contribution is -2.48. The lowest BCUT2D eigenvalue weighted by molar-refractivity contribution is -0.384. The molecule has 2 aromatic carbocycles. The Balaban J connectivity index is 1.80. The van der Waals surface area contributed by atoms with Crippen LogP contribution >= 0.6 is 12.2 Å². The van der Waals surface area contributed by atoms with Crippen LogP contribution in [-0.2, 0) is 4.79 Å². The molecule has 0 fully saturated rings. The Morgan fingerprint density at radius 3 is 2.26 bits per heavy atom. The molecule has 0 saturated carbocycles. The summed E-state index contributed by atoms with van der Waals surface area (Å²) in [5, 5.41) is 12.9. The Morgan fingerprint density at radius 1 is 1.04 bits per heavy atom. The number of benzene rings is 2. The van der Waals surface area contributed by atoms with Crippen LogP contribution in [0.5, 0.6) is 0 Å². The molecule has 0 atom stereocenters. The number of rotatable bonds is 4. The summed E-state index contributed by atoms with van der Waals surface area (Å²) >= 11 is 4.92. The summed E-state index contributed by atoms with van der Waals surface area (Å²) in [6, 6.07) is 12.6. The van der Waals surface area contributed by atoms with E-state index in [9.17, 15) is 19.7 Å². The molecule has 0 aliphatic heterocycles. The van der Waals surface area contributed by atoms with Crippen LogP contribution in [0.25, 0.3) is 6.08 Å². The highest BCUT2D eigenvalue weighted by Gasteiger charge is 2.10. The quantitative estimate of drug-likeness (QED) is 0.322. The van der Waals surface area contributed by atoms with E-state index in [4.69, 9.17) is 12.2 Å². The summed E-state index contributed by atoms with van der Waals surface area (Å²) in [6.45, 7) is 1.97. The molecule has 0 aliphatic carbocycles. The fraction of sp³-hybridized carbons (Fsp3) is 0.0556. The maximum absolute atomic E-state index is 11.9. The van der Waals surface area contributed by atoms with Gasteiger partial charge < -0.3 is 0 Å². The van der Waals surface area contributed by atoms with E-state index in [1.165, 1.54) is 30.3 Å².